The molecule has 0 aromatic carbocycles. The van der Waals surface area contributed by atoms with Crippen LogP contribution in [-0.4, -0.2) is 50.1 Å². The Morgan fingerprint density at radius 2 is 2.10 bits per heavy atom. The average molecular weight is 313 g/mol. The summed E-state index contributed by atoms with van der Waals surface area (Å²) in [6.07, 6.45) is 3.25. The van der Waals surface area contributed by atoms with E-state index in [1.807, 2.05) is 13.8 Å². The van der Waals surface area contributed by atoms with Crippen LogP contribution in [-0.2, 0) is 14.8 Å². The lowest BCUT2D eigenvalue weighted by molar-refractivity contribution is 0.0290. The topological polar surface area (TPSA) is 71.5 Å². The predicted octanol–water partition coefficient (Wildman–Crippen LogP) is 1.70. The number of piperidine rings is 1. The van der Waals surface area contributed by atoms with Crippen molar-refractivity contribution in [2.24, 2.45) is 0 Å². The molecule has 1 fully saturated rings. The molecule has 7 heteroatoms. The van der Waals surface area contributed by atoms with E-state index < -0.39 is 10.0 Å². The third-order valence-electron chi connectivity index (χ3n) is 3.54. The monoisotopic (exact) mass is 313 g/mol. The molecule has 0 atom stereocenters. The van der Waals surface area contributed by atoms with Crippen LogP contribution < -0.4 is 5.32 Å². The summed E-state index contributed by atoms with van der Waals surface area (Å²) in [5, 5.41) is 3.01. The van der Waals surface area contributed by atoms with Crippen LogP contribution in [0.1, 0.15) is 26.7 Å². The van der Waals surface area contributed by atoms with Crippen molar-refractivity contribution >= 4 is 15.8 Å². The Balaban J connectivity index is 2.16. The molecule has 6 nitrogen and oxygen atoms in total. The molecule has 0 spiro atoms. The van der Waals surface area contributed by atoms with E-state index in [-0.39, 0.29) is 11.0 Å². The van der Waals surface area contributed by atoms with Crippen LogP contribution in [0.5, 0.6) is 0 Å². The van der Waals surface area contributed by atoms with Crippen molar-refractivity contribution in [2.45, 2.75) is 37.7 Å². The van der Waals surface area contributed by atoms with Crippen LogP contribution in [0.25, 0.3) is 0 Å². The molecule has 1 aromatic rings. The fourth-order valence-electron chi connectivity index (χ4n) is 2.51. The number of pyridine rings is 1. The highest BCUT2D eigenvalue weighted by molar-refractivity contribution is 7.89. The molecule has 0 saturated carbocycles. The van der Waals surface area contributed by atoms with E-state index in [1.165, 1.54) is 4.31 Å². The van der Waals surface area contributed by atoms with Crippen molar-refractivity contribution in [1.29, 1.82) is 0 Å². The molecule has 1 aliphatic rings. The van der Waals surface area contributed by atoms with Crippen LogP contribution in [0, 0.1) is 0 Å². The molecule has 118 valence electrons. The lowest BCUT2D eigenvalue weighted by Gasteiger charge is -2.31. The van der Waals surface area contributed by atoms with Gasteiger partial charge in [0, 0.05) is 32.4 Å². The molecule has 21 heavy (non-hydrogen) atoms. The quantitative estimate of drug-likeness (QED) is 0.865. The maximum absolute atomic E-state index is 12.8. The van der Waals surface area contributed by atoms with Gasteiger partial charge in [-0.15, -0.1) is 0 Å². The van der Waals surface area contributed by atoms with Crippen LogP contribution in [0.2, 0.25) is 0 Å². The highest BCUT2D eigenvalue weighted by Crippen LogP contribution is 2.25. The van der Waals surface area contributed by atoms with E-state index in [9.17, 15) is 8.42 Å². The molecule has 0 aliphatic carbocycles. The maximum atomic E-state index is 12.8. The number of hydrogen-bond acceptors (Lipinski definition) is 5. The zero-order valence-corrected chi connectivity index (χ0v) is 13.4. The minimum absolute atomic E-state index is 0.170. The first-order valence-electron chi connectivity index (χ1n) is 7.40. The average Bonchev–Trinajstić information content (AvgIpc) is 2.49. The van der Waals surface area contributed by atoms with E-state index in [4.69, 9.17) is 4.74 Å². The molecule has 1 N–H and O–H groups in total. The number of ether oxygens (including phenoxy) is 1. The zero-order chi connectivity index (χ0) is 15.3. The standard InChI is InChI=1S/C14H23N3O3S/c1-3-15-14-13(6-5-9-16-14)21(18,19)17-10-7-12(8-11-17)20-4-2/h5-6,9,12H,3-4,7-8,10-11H2,1-2H3,(H,15,16). The summed E-state index contributed by atoms with van der Waals surface area (Å²) >= 11 is 0. The molecule has 2 rings (SSSR count). The second kappa shape index (κ2) is 7.20. The summed E-state index contributed by atoms with van der Waals surface area (Å²) in [4.78, 5) is 4.38. The number of aromatic nitrogens is 1. The van der Waals surface area contributed by atoms with Crippen molar-refractivity contribution in [2.75, 3.05) is 31.6 Å². The van der Waals surface area contributed by atoms with E-state index in [0.29, 0.717) is 32.1 Å². The van der Waals surface area contributed by atoms with Crippen LogP contribution in [0.4, 0.5) is 5.82 Å². The molecule has 0 unspecified atom stereocenters. The normalized spacial score (nSPS) is 17.8. The van der Waals surface area contributed by atoms with Gasteiger partial charge in [0.05, 0.1) is 6.10 Å². The number of nitrogens with one attached hydrogen (secondary N) is 1. The fourth-order valence-corrected chi connectivity index (χ4v) is 4.10. The number of hydrogen-bond donors (Lipinski definition) is 1. The Hall–Kier alpha value is -1.18. The lowest BCUT2D eigenvalue weighted by Crippen LogP contribution is -2.41. The van der Waals surface area contributed by atoms with Gasteiger partial charge in [0.25, 0.3) is 0 Å². The van der Waals surface area contributed by atoms with Gasteiger partial charge in [0.15, 0.2) is 0 Å². The smallest absolute Gasteiger partial charge is 0.246 e. The van der Waals surface area contributed by atoms with Gasteiger partial charge in [-0.25, -0.2) is 13.4 Å². The molecule has 2 heterocycles. The molecule has 1 aromatic heterocycles. The number of anilines is 1. The summed E-state index contributed by atoms with van der Waals surface area (Å²) < 4.78 is 32.6. The van der Waals surface area contributed by atoms with Gasteiger partial charge >= 0.3 is 0 Å². The summed E-state index contributed by atoms with van der Waals surface area (Å²) in [7, 11) is -3.50. The first-order chi connectivity index (χ1) is 10.1. The van der Waals surface area contributed by atoms with Gasteiger partial charge in [0.2, 0.25) is 10.0 Å². The fraction of sp³-hybridized carbons (Fsp3) is 0.643. The largest absolute Gasteiger partial charge is 0.378 e. The van der Waals surface area contributed by atoms with Crippen LogP contribution in [0.3, 0.4) is 0 Å². The summed E-state index contributed by atoms with van der Waals surface area (Å²) in [5.41, 5.74) is 0. The van der Waals surface area contributed by atoms with Crippen molar-refractivity contribution in [3.63, 3.8) is 0 Å². The van der Waals surface area contributed by atoms with Crippen molar-refractivity contribution in [1.82, 2.24) is 9.29 Å². The Morgan fingerprint density at radius 3 is 2.71 bits per heavy atom. The van der Waals surface area contributed by atoms with Gasteiger partial charge < -0.3 is 10.1 Å². The van der Waals surface area contributed by atoms with Gasteiger partial charge in [-0.1, -0.05) is 0 Å². The second-order valence-electron chi connectivity index (χ2n) is 4.94. The second-order valence-corrected chi connectivity index (χ2v) is 6.85. The van der Waals surface area contributed by atoms with E-state index in [0.717, 1.165) is 12.8 Å². The summed E-state index contributed by atoms with van der Waals surface area (Å²) in [6.45, 7) is 6.16. The van der Waals surface area contributed by atoms with E-state index in [1.54, 1.807) is 18.3 Å². The molecular formula is C14H23N3O3S. The molecule has 1 aliphatic heterocycles. The molecule has 1 saturated heterocycles. The van der Waals surface area contributed by atoms with Crippen molar-refractivity contribution in [3.05, 3.63) is 18.3 Å². The molecule has 0 amide bonds. The lowest BCUT2D eigenvalue weighted by atomic mass is 10.1. The molecular weight excluding hydrogens is 290 g/mol. The molecule has 0 bridgehead atoms. The van der Waals surface area contributed by atoms with Crippen molar-refractivity contribution in [3.8, 4) is 0 Å². The zero-order valence-electron chi connectivity index (χ0n) is 12.6. The third-order valence-corrected chi connectivity index (χ3v) is 5.47. The Morgan fingerprint density at radius 1 is 1.38 bits per heavy atom. The van der Waals surface area contributed by atoms with Crippen molar-refractivity contribution < 1.29 is 13.2 Å². The highest BCUT2D eigenvalue weighted by Gasteiger charge is 2.31. The minimum Gasteiger partial charge on any atom is -0.378 e. The summed E-state index contributed by atoms with van der Waals surface area (Å²) in [6, 6.07) is 3.26. The van der Waals surface area contributed by atoms with Gasteiger partial charge in [-0.3, -0.25) is 0 Å². The first-order valence-corrected chi connectivity index (χ1v) is 8.84. The first kappa shape index (κ1) is 16.2. The predicted molar refractivity (Wildman–Crippen MR) is 81.8 cm³/mol. The number of nitrogens with zero attached hydrogens (tertiary/aromatic N) is 2. The third kappa shape index (κ3) is 3.72. The Kier molecular flexibility index (Phi) is 5.55. The Labute approximate surface area is 126 Å². The maximum Gasteiger partial charge on any atom is 0.246 e. The van der Waals surface area contributed by atoms with Gasteiger partial charge in [-0.2, -0.15) is 4.31 Å². The number of sulfonamides is 1. The number of rotatable bonds is 6. The van der Waals surface area contributed by atoms with E-state index in [2.05, 4.69) is 10.3 Å². The molecule has 0 radical (unpaired) electrons. The van der Waals surface area contributed by atoms with Gasteiger partial charge in [0.1, 0.15) is 10.7 Å². The van der Waals surface area contributed by atoms with E-state index >= 15 is 0 Å². The highest BCUT2D eigenvalue weighted by atomic mass is 32.2. The summed E-state index contributed by atoms with van der Waals surface area (Å²) in [5.74, 6) is 0.423. The minimum atomic E-state index is -3.50. The van der Waals surface area contributed by atoms with Gasteiger partial charge in [-0.05, 0) is 38.8 Å². The Bertz CT molecular complexity index is 554. The van der Waals surface area contributed by atoms with Crippen LogP contribution in [0.15, 0.2) is 23.2 Å². The van der Waals surface area contributed by atoms with Crippen LogP contribution >= 0.6 is 0 Å². The SMILES string of the molecule is CCNc1ncccc1S(=O)(=O)N1CCC(OCC)CC1.